The van der Waals surface area contributed by atoms with Gasteiger partial charge in [-0.1, -0.05) is 0 Å². The largest absolute Gasteiger partial charge is 0.480 e. The van der Waals surface area contributed by atoms with Crippen LogP contribution in [0, 0.1) is 17.1 Å². The smallest absolute Gasteiger partial charge is 0.320 e. The fourth-order valence-electron chi connectivity index (χ4n) is 1.06. The summed E-state index contributed by atoms with van der Waals surface area (Å²) in [5.41, 5.74) is -0.380. The van der Waals surface area contributed by atoms with Gasteiger partial charge in [-0.05, 0) is 18.2 Å². The highest BCUT2D eigenvalue weighted by Crippen LogP contribution is 2.17. The van der Waals surface area contributed by atoms with Gasteiger partial charge < -0.3 is 5.11 Å². The van der Waals surface area contributed by atoms with Crippen LogP contribution in [0.4, 0.5) is 10.1 Å². The number of anilines is 1. The number of nitriles is 1. The van der Waals surface area contributed by atoms with Crippen molar-refractivity contribution in [3.05, 3.63) is 29.6 Å². The molecule has 0 aromatic heterocycles. The summed E-state index contributed by atoms with van der Waals surface area (Å²) >= 11 is 0. The van der Waals surface area contributed by atoms with Gasteiger partial charge in [0.2, 0.25) is 10.0 Å². The van der Waals surface area contributed by atoms with Crippen molar-refractivity contribution in [2.75, 3.05) is 10.5 Å². The van der Waals surface area contributed by atoms with E-state index in [0.29, 0.717) is 0 Å². The molecular formula is C9H7FN2O4S. The maximum Gasteiger partial charge on any atom is 0.320 e. The van der Waals surface area contributed by atoms with E-state index in [9.17, 15) is 17.6 Å². The number of aliphatic carboxylic acids is 1. The van der Waals surface area contributed by atoms with Gasteiger partial charge in [-0.3, -0.25) is 9.52 Å². The zero-order valence-electron chi connectivity index (χ0n) is 8.34. The Kier molecular flexibility index (Phi) is 3.65. The summed E-state index contributed by atoms with van der Waals surface area (Å²) < 4.78 is 37.2. The lowest BCUT2D eigenvalue weighted by atomic mass is 10.2. The van der Waals surface area contributed by atoms with Crippen molar-refractivity contribution < 1.29 is 22.7 Å². The van der Waals surface area contributed by atoms with Crippen LogP contribution in [0.5, 0.6) is 0 Å². The Hall–Kier alpha value is -2.14. The minimum absolute atomic E-state index is 0.157. The summed E-state index contributed by atoms with van der Waals surface area (Å²) in [4.78, 5) is 10.3. The molecule has 0 spiro atoms. The van der Waals surface area contributed by atoms with Crippen LogP contribution in [0.25, 0.3) is 0 Å². The molecule has 8 heteroatoms. The van der Waals surface area contributed by atoms with E-state index in [0.717, 1.165) is 18.2 Å². The average molecular weight is 258 g/mol. The zero-order chi connectivity index (χ0) is 13.1. The summed E-state index contributed by atoms with van der Waals surface area (Å²) in [6, 6.07) is 4.45. The van der Waals surface area contributed by atoms with Crippen LogP contribution in [0.15, 0.2) is 18.2 Å². The van der Waals surface area contributed by atoms with Gasteiger partial charge in [-0.25, -0.2) is 12.8 Å². The van der Waals surface area contributed by atoms with Crippen LogP contribution in [0.2, 0.25) is 0 Å². The summed E-state index contributed by atoms with van der Waals surface area (Å²) in [5.74, 6) is -3.35. The quantitative estimate of drug-likeness (QED) is 0.818. The van der Waals surface area contributed by atoms with Crippen molar-refractivity contribution >= 4 is 21.7 Å². The first-order chi connectivity index (χ1) is 7.84. The monoisotopic (exact) mass is 258 g/mol. The highest BCUT2D eigenvalue weighted by atomic mass is 32.2. The SMILES string of the molecule is N#Cc1cc(F)ccc1NS(=O)(=O)CC(=O)O. The third kappa shape index (κ3) is 3.73. The topological polar surface area (TPSA) is 107 Å². The van der Waals surface area contributed by atoms with Crippen molar-refractivity contribution in [2.45, 2.75) is 0 Å². The second kappa shape index (κ2) is 4.80. The van der Waals surface area contributed by atoms with Crippen LogP contribution in [-0.2, 0) is 14.8 Å². The van der Waals surface area contributed by atoms with Crippen LogP contribution in [0.1, 0.15) is 5.56 Å². The maximum atomic E-state index is 12.8. The lowest BCUT2D eigenvalue weighted by Crippen LogP contribution is -2.22. The number of carboxylic acids is 1. The van der Waals surface area contributed by atoms with E-state index < -0.39 is 27.6 Å². The maximum absolute atomic E-state index is 12.8. The van der Waals surface area contributed by atoms with Crippen molar-refractivity contribution in [2.24, 2.45) is 0 Å². The Balaban J connectivity index is 3.04. The van der Waals surface area contributed by atoms with Gasteiger partial charge in [0.15, 0.2) is 5.75 Å². The molecule has 0 atom stereocenters. The normalized spacial score (nSPS) is 10.6. The van der Waals surface area contributed by atoms with Gasteiger partial charge in [0.25, 0.3) is 0 Å². The van der Waals surface area contributed by atoms with Crippen molar-refractivity contribution in [3.8, 4) is 6.07 Å². The predicted octanol–water partition coefficient (Wildman–Crippen LogP) is 0.524. The number of sulfonamides is 1. The molecule has 0 aliphatic carbocycles. The predicted molar refractivity (Wildman–Crippen MR) is 56.2 cm³/mol. The molecule has 1 rings (SSSR count). The van der Waals surface area contributed by atoms with Crippen LogP contribution in [-0.4, -0.2) is 25.2 Å². The second-order valence-corrected chi connectivity index (χ2v) is 4.78. The molecule has 0 saturated carbocycles. The van der Waals surface area contributed by atoms with E-state index in [1.807, 2.05) is 4.72 Å². The molecule has 0 radical (unpaired) electrons. The Labute approximate surface area is 96.4 Å². The average Bonchev–Trinajstić information content (AvgIpc) is 2.18. The third-order valence-electron chi connectivity index (χ3n) is 1.68. The number of halogens is 1. The molecule has 0 aliphatic heterocycles. The van der Waals surface area contributed by atoms with Crippen molar-refractivity contribution in [1.29, 1.82) is 5.26 Å². The number of hydrogen-bond acceptors (Lipinski definition) is 4. The molecule has 0 fully saturated rings. The molecule has 6 nitrogen and oxygen atoms in total. The molecular weight excluding hydrogens is 251 g/mol. The number of nitrogens with one attached hydrogen (secondary N) is 1. The number of benzene rings is 1. The lowest BCUT2D eigenvalue weighted by Gasteiger charge is -2.07. The number of nitrogens with zero attached hydrogens (tertiary/aromatic N) is 1. The van der Waals surface area contributed by atoms with E-state index in [-0.39, 0.29) is 11.3 Å². The van der Waals surface area contributed by atoms with E-state index in [1.165, 1.54) is 0 Å². The van der Waals surface area contributed by atoms with Gasteiger partial charge in [0.1, 0.15) is 11.9 Å². The van der Waals surface area contributed by atoms with Gasteiger partial charge in [-0.15, -0.1) is 0 Å². The number of carbonyl (C=O) groups is 1. The van der Waals surface area contributed by atoms with Crippen molar-refractivity contribution in [3.63, 3.8) is 0 Å². The number of carboxylic acid groups (broad SMARTS) is 1. The Morgan fingerprint density at radius 1 is 1.53 bits per heavy atom. The standard InChI is InChI=1S/C9H7FN2O4S/c10-7-1-2-8(6(3-7)4-11)12-17(15,16)5-9(13)14/h1-3,12H,5H2,(H,13,14). The lowest BCUT2D eigenvalue weighted by molar-refractivity contribution is -0.134. The first-order valence-corrected chi connectivity index (χ1v) is 5.91. The molecule has 0 amide bonds. The molecule has 0 bridgehead atoms. The molecule has 2 N–H and O–H groups in total. The number of hydrogen-bond donors (Lipinski definition) is 2. The highest BCUT2D eigenvalue weighted by molar-refractivity contribution is 7.93. The Bertz CT molecular complexity index is 592. The molecule has 17 heavy (non-hydrogen) atoms. The van der Waals surface area contributed by atoms with Gasteiger partial charge >= 0.3 is 5.97 Å². The Morgan fingerprint density at radius 2 is 2.18 bits per heavy atom. The molecule has 0 unspecified atom stereocenters. The van der Waals surface area contributed by atoms with E-state index in [2.05, 4.69) is 0 Å². The molecule has 0 heterocycles. The summed E-state index contributed by atoms with van der Waals surface area (Å²) in [6.07, 6.45) is 0. The molecule has 0 saturated heterocycles. The number of rotatable bonds is 4. The highest BCUT2D eigenvalue weighted by Gasteiger charge is 2.17. The minimum Gasteiger partial charge on any atom is -0.480 e. The first kappa shape index (κ1) is 12.9. The molecule has 0 aliphatic rings. The fourth-order valence-corrected chi connectivity index (χ4v) is 1.97. The van der Waals surface area contributed by atoms with E-state index in [1.54, 1.807) is 6.07 Å². The fraction of sp³-hybridized carbons (Fsp3) is 0.111. The van der Waals surface area contributed by atoms with Crippen LogP contribution < -0.4 is 4.72 Å². The van der Waals surface area contributed by atoms with Crippen LogP contribution >= 0.6 is 0 Å². The van der Waals surface area contributed by atoms with E-state index >= 15 is 0 Å². The zero-order valence-corrected chi connectivity index (χ0v) is 9.16. The summed E-state index contributed by atoms with van der Waals surface area (Å²) in [6.45, 7) is 0. The minimum atomic E-state index is -4.10. The molecule has 90 valence electrons. The first-order valence-electron chi connectivity index (χ1n) is 4.26. The Morgan fingerprint density at radius 3 is 2.71 bits per heavy atom. The van der Waals surface area contributed by atoms with Crippen LogP contribution in [0.3, 0.4) is 0 Å². The van der Waals surface area contributed by atoms with Gasteiger partial charge in [-0.2, -0.15) is 5.26 Å². The third-order valence-corrected chi connectivity index (χ3v) is 2.84. The summed E-state index contributed by atoms with van der Waals surface area (Å²) in [7, 11) is -4.10. The van der Waals surface area contributed by atoms with Gasteiger partial charge in [0.05, 0.1) is 11.3 Å². The van der Waals surface area contributed by atoms with Crippen molar-refractivity contribution in [1.82, 2.24) is 0 Å². The molecule has 1 aromatic rings. The second-order valence-electron chi connectivity index (χ2n) is 3.06. The van der Waals surface area contributed by atoms with Gasteiger partial charge in [0, 0.05) is 0 Å². The van der Waals surface area contributed by atoms with E-state index in [4.69, 9.17) is 10.4 Å². The molecule has 1 aromatic carbocycles. The summed E-state index contributed by atoms with van der Waals surface area (Å²) in [5, 5.41) is 17.0.